The Bertz CT molecular complexity index is 1190. The normalized spacial score (nSPS) is 10.5. The smallest absolute Gasteiger partial charge is 0.415 e. The first kappa shape index (κ1) is 41.4. The summed E-state index contributed by atoms with van der Waals surface area (Å²) in [4.78, 5) is 70.8. The maximum absolute atomic E-state index is 11.9. The summed E-state index contributed by atoms with van der Waals surface area (Å²) < 4.78 is 19.8. The largest absolute Gasteiger partial charge is 0.466 e. The number of carbonyl (C=O) groups excluding carboxylic acids is 6. The van der Waals surface area contributed by atoms with Crippen LogP contribution in [-0.4, -0.2) is 62.4 Å². The molecule has 2 aromatic carbocycles. The van der Waals surface area contributed by atoms with E-state index in [2.05, 4.69) is 10.6 Å². The quantitative estimate of drug-likeness (QED) is 0.0461. The fourth-order valence-corrected chi connectivity index (χ4v) is 4.85. The van der Waals surface area contributed by atoms with Crippen LogP contribution in [0.4, 0.5) is 9.59 Å². The van der Waals surface area contributed by atoms with Crippen LogP contribution in [-0.2, 0) is 28.5 Å². The lowest BCUT2D eigenvalue weighted by atomic mass is 10.0. The van der Waals surface area contributed by atoms with Crippen LogP contribution < -0.4 is 10.6 Å². The van der Waals surface area contributed by atoms with Gasteiger partial charge in [-0.2, -0.15) is 0 Å². The molecule has 0 aliphatic heterocycles. The third-order valence-electron chi connectivity index (χ3n) is 7.61. The van der Waals surface area contributed by atoms with Gasteiger partial charge in [-0.15, -0.1) is 0 Å². The molecule has 2 aromatic rings. The number of amides is 2. The molecule has 0 spiro atoms. The second-order valence-electron chi connectivity index (χ2n) is 11.8. The molecule has 50 heavy (non-hydrogen) atoms. The van der Waals surface area contributed by atoms with Gasteiger partial charge < -0.3 is 29.6 Å². The third kappa shape index (κ3) is 21.3. The van der Waals surface area contributed by atoms with Crippen LogP contribution >= 0.6 is 0 Å². The van der Waals surface area contributed by atoms with E-state index in [0.717, 1.165) is 51.4 Å². The molecule has 12 nitrogen and oxygen atoms in total. The summed E-state index contributed by atoms with van der Waals surface area (Å²) in [5, 5.41) is 4.94. The van der Waals surface area contributed by atoms with E-state index in [1.54, 1.807) is 60.7 Å². The Kier molecular flexibility index (Phi) is 22.5. The van der Waals surface area contributed by atoms with Crippen molar-refractivity contribution in [2.45, 2.75) is 103 Å². The average Bonchev–Trinajstić information content (AvgIpc) is 3.12. The van der Waals surface area contributed by atoms with Crippen molar-refractivity contribution in [3.05, 3.63) is 71.8 Å². The van der Waals surface area contributed by atoms with Crippen LogP contribution in [0.1, 0.15) is 123 Å². The molecule has 2 amide bonds. The first-order chi connectivity index (χ1) is 24.3. The standard InChI is InChI=1S/C38H52N2O10/c41-33(47-29-19-27-39-37(45)49-35(43)31-21-13-11-14-22-31)25-17-9-7-5-3-1-2-4-6-8-10-18-26-34(42)48-30-20-28-40-38(46)50-36(44)32-23-15-12-16-24-32/h11-16,21-24H,1-10,17-20,25-30H2,(H,39,45)(H,40,46). The third-order valence-corrected chi connectivity index (χ3v) is 7.61. The number of alkyl carbamates (subject to hydrolysis) is 2. The number of nitrogens with one attached hydrogen (secondary N) is 2. The molecule has 0 heterocycles. The highest BCUT2D eigenvalue weighted by molar-refractivity contribution is 5.96. The van der Waals surface area contributed by atoms with E-state index < -0.39 is 24.1 Å². The van der Waals surface area contributed by atoms with Crippen molar-refractivity contribution in [3.63, 3.8) is 0 Å². The van der Waals surface area contributed by atoms with Crippen LogP contribution in [0.5, 0.6) is 0 Å². The van der Waals surface area contributed by atoms with Gasteiger partial charge in [0.15, 0.2) is 0 Å². The Morgan fingerprint density at radius 2 is 0.740 bits per heavy atom. The van der Waals surface area contributed by atoms with Gasteiger partial charge in [-0.25, -0.2) is 19.2 Å². The Labute approximate surface area is 295 Å². The minimum atomic E-state index is -0.832. The molecule has 2 N–H and O–H groups in total. The lowest BCUT2D eigenvalue weighted by Crippen LogP contribution is -2.28. The van der Waals surface area contributed by atoms with Gasteiger partial charge in [0.2, 0.25) is 0 Å². The van der Waals surface area contributed by atoms with Crippen molar-refractivity contribution in [2.75, 3.05) is 26.3 Å². The van der Waals surface area contributed by atoms with Gasteiger partial charge in [0.05, 0.1) is 24.3 Å². The summed E-state index contributed by atoms with van der Waals surface area (Å²) in [6.07, 6.45) is 12.8. The topological polar surface area (TPSA) is 163 Å². The molecular weight excluding hydrogens is 644 g/mol. The van der Waals surface area contributed by atoms with Crippen LogP contribution in [0.2, 0.25) is 0 Å². The van der Waals surface area contributed by atoms with Gasteiger partial charge in [0.25, 0.3) is 0 Å². The van der Waals surface area contributed by atoms with E-state index in [9.17, 15) is 28.8 Å². The first-order valence-corrected chi connectivity index (χ1v) is 17.8. The predicted octanol–water partition coefficient (Wildman–Crippen LogP) is 7.45. The van der Waals surface area contributed by atoms with Gasteiger partial charge in [0.1, 0.15) is 0 Å². The van der Waals surface area contributed by atoms with Crippen molar-refractivity contribution < 1.29 is 47.7 Å². The molecule has 0 saturated carbocycles. The molecule has 0 aliphatic rings. The Morgan fingerprint density at radius 1 is 0.420 bits per heavy atom. The molecule has 2 rings (SSSR count). The van der Waals surface area contributed by atoms with Crippen molar-refractivity contribution in [1.82, 2.24) is 10.6 Å². The van der Waals surface area contributed by atoms with Crippen LogP contribution in [0.3, 0.4) is 0 Å². The molecular formula is C38H52N2O10. The van der Waals surface area contributed by atoms with E-state index in [0.29, 0.717) is 36.8 Å². The lowest BCUT2D eigenvalue weighted by Gasteiger charge is -2.07. The maximum Gasteiger partial charge on any atom is 0.415 e. The monoisotopic (exact) mass is 696 g/mol. The SMILES string of the molecule is O=C(CCCCCCCCCCCCCCC(=O)OCCCNC(=O)OC(=O)c1ccccc1)OCCCNC(=O)OC(=O)c1ccccc1. The van der Waals surface area contributed by atoms with Gasteiger partial charge in [0, 0.05) is 25.9 Å². The van der Waals surface area contributed by atoms with Crippen LogP contribution in [0, 0.1) is 0 Å². The summed E-state index contributed by atoms with van der Waals surface area (Å²) >= 11 is 0. The summed E-state index contributed by atoms with van der Waals surface area (Å²) in [7, 11) is 0. The number of esters is 4. The summed E-state index contributed by atoms with van der Waals surface area (Å²) in [5.41, 5.74) is 0.583. The molecule has 0 saturated heterocycles. The fraction of sp³-hybridized carbons (Fsp3) is 0.526. The van der Waals surface area contributed by atoms with E-state index >= 15 is 0 Å². The average molecular weight is 697 g/mol. The lowest BCUT2D eigenvalue weighted by molar-refractivity contribution is -0.144. The number of ether oxygens (including phenoxy) is 4. The Hall–Kier alpha value is -4.74. The number of hydrogen-bond donors (Lipinski definition) is 2. The maximum atomic E-state index is 11.9. The molecule has 0 bridgehead atoms. The van der Waals surface area contributed by atoms with Crippen LogP contribution in [0.15, 0.2) is 60.7 Å². The minimum absolute atomic E-state index is 0.195. The molecule has 0 unspecified atom stereocenters. The van der Waals surface area contributed by atoms with E-state index in [1.807, 2.05) is 0 Å². The molecule has 0 atom stereocenters. The fourth-order valence-electron chi connectivity index (χ4n) is 4.85. The molecule has 0 fully saturated rings. The van der Waals surface area contributed by atoms with Gasteiger partial charge in [-0.05, 0) is 49.9 Å². The van der Waals surface area contributed by atoms with Crippen molar-refractivity contribution in [2.24, 2.45) is 0 Å². The Morgan fingerprint density at radius 3 is 1.08 bits per heavy atom. The van der Waals surface area contributed by atoms with E-state index in [1.165, 1.54) is 25.7 Å². The zero-order chi connectivity index (χ0) is 36.1. The molecule has 0 aliphatic carbocycles. The number of rotatable bonds is 25. The Balaban J connectivity index is 1.27. The summed E-state index contributed by atoms with van der Waals surface area (Å²) in [6, 6.07) is 16.5. The highest BCUT2D eigenvalue weighted by Crippen LogP contribution is 2.13. The second kappa shape index (κ2) is 27.1. The molecule has 274 valence electrons. The molecule has 0 aromatic heterocycles. The number of carbonyl (C=O) groups is 6. The predicted molar refractivity (Wildman–Crippen MR) is 186 cm³/mol. The van der Waals surface area contributed by atoms with Crippen molar-refractivity contribution >= 4 is 36.1 Å². The summed E-state index contributed by atoms with van der Waals surface area (Å²) in [6.45, 7) is 0.856. The zero-order valence-corrected chi connectivity index (χ0v) is 29.0. The summed E-state index contributed by atoms with van der Waals surface area (Å²) in [5.74, 6) is -1.93. The molecule has 12 heteroatoms. The van der Waals surface area contributed by atoms with Crippen molar-refractivity contribution in [1.29, 1.82) is 0 Å². The number of benzene rings is 2. The highest BCUT2D eigenvalue weighted by Gasteiger charge is 2.13. The first-order valence-electron chi connectivity index (χ1n) is 17.8. The number of unbranched alkanes of at least 4 members (excludes halogenated alkanes) is 11. The van der Waals surface area contributed by atoms with Gasteiger partial charge >= 0.3 is 36.1 Å². The van der Waals surface area contributed by atoms with Crippen molar-refractivity contribution in [3.8, 4) is 0 Å². The van der Waals surface area contributed by atoms with Crippen LogP contribution in [0.25, 0.3) is 0 Å². The second-order valence-corrected chi connectivity index (χ2v) is 11.8. The zero-order valence-electron chi connectivity index (χ0n) is 29.0. The number of hydrogen-bond acceptors (Lipinski definition) is 10. The highest BCUT2D eigenvalue weighted by atomic mass is 16.6. The van der Waals surface area contributed by atoms with E-state index in [-0.39, 0.29) is 38.2 Å². The minimum Gasteiger partial charge on any atom is -0.466 e. The van der Waals surface area contributed by atoms with E-state index in [4.69, 9.17) is 18.9 Å². The van der Waals surface area contributed by atoms with Gasteiger partial charge in [-0.3, -0.25) is 9.59 Å². The molecule has 0 radical (unpaired) electrons. The van der Waals surface area contributed by atoms with Gasteiger partial charge in [-0.1, -0.05) is 101 Å².